The predicted molar refractivity (Wildman–Crippen MR) is 136 cm³/mol. The van der Waals surface area contributed by atoms with Gasteiger partial charge in [0.25, 0.3) is 11.8 Å². The van der Waals surface area contributed by atoms with E-state index < -0.39 is 11.8 Å². The van der Waals surface area contributed by atoms with Crippen LogP contribution in [0, 0.1) is 13.8 Å². The average Bonchev–Trinajstić information content (AvgIpc) is 2.73. The minimum absolute atomic E-state index is 0.0437. The summed E-state index contributed by atoms with van der Waals surface area (Å²) in [4.78, 5) is 27.4. The van der Waals surface area contributed by atoms with Gasteiger partial charge in [-0.25, -0.2) is 0 Å². The van der Waals surface area contributed by atoms with E-state index in [-0.39, 0.29) is 10.7 Å². The monoisotopic (exact) mass is 504 g/mol. The number of para-hydroxylation sites is 1. The molecule has 160 valence electrons. The molecule has 1 fully saturated rings. The first kappa shape index (κ1) is 22.1. The van der Waals surface area contributed by atoms with Crippen molar-refractivity contribution in [2.24, 2.45) is 0 Å². The van der Waals surface area contributed by atoms with E-state index in [2.05, 4.69) is 53.3 Å². The lowest BCUT2D eigenvalue weighted by atomic mass is 9.95. The fourth-order valence-corrected chi connectivity index (χ4v) is 4.54. The number of hydrogen-bond donors (Lipinski definition) is 1. The summed E-state index contributed by atoms with van der Waals surface area (Å²) in [6.45, 7) is 4.15. The predicted octanol–water partition coefficient (Wildman–Crippen LogP) is 5.49. The molecule has 1 aliphatic rings. The SMILES string of the molecule is Cc1cc(C)cc(Cc2ccc(Br)cc2/C=C2/C(=O)NC(=S)N(c3ccccc3)C2=O)c1. The fourth-order valence-electron chi connectivity index (χ4n) is 3.88. The highest BCUT2D eigenvalue weighted by Gasteiger charge is 2.34. The van der Waals surface area contributed by atoms with E-state index >= 15 is 0 Å². The number of nitrogens with zero attached hydrogens (tertiary/aromatic N) is 1. The second-order valence-electron chi connectivity index (χ2n) is 7.81. The molecular weight excluding hydrogens is 484 g/mol. The van der Waals surface area contributed by atoms with E-state index in [4.69, 9.17) is 12.2 Å². The van der Waals surface area contributed by atoms with Crippen molar-refractivity contribution in [3.8, 4) is 0 Å². The summed E-state index contributed by atoms with van der Waals surface area (Å²) in [7, 11) is 0. The molecule has 6 heteroatoms. The van der Waals surface area contributed by atoms with Crippen molar-refractivity contribution in [2.75, 3.05) is 4.90 Å². The summed E-state index contributed by atoms with van der Waals surface area (Å²) < 4.78 is 0.868. The first-order valence-electron chi connectivity index (χ1n) is 10.1. The third-order valence-corrected chi connectivity index (χ3v) is 5.98. The smallest absolute Gasteiger partial charge is 0.270 e. The van der Waals surface area contributed by atoms with Crippen LogP contribution in [0.4, 0.5) is 5.69 Å². The quantitative estimate of drug-likeness (QED) is 0.290. The van der Waals surface area contributed by atoms with E-state index in [1.165, 1.54) is 21.6 Å². The number of carbonyl (C=O) groups is 2. The maximum absolute atomic E-state index is 13.3. The molecule has 0 aromatic heterocycles. The molecule has 3 aromatic rings. The fraction of sp³-hybridized carbons (Fsp3) is 0.115. The van der Waals surface area contributed by atoms with Crippen molar-refractivity contribution < 1.29 is 9.59 Å². The molecule has 3 aromatic carbocycles. The third-order valence-electron chi connectivity index (χ3n) is 5.20. The number of nitrogens with one attached hydrogen (secondary N) is 1. The van der Waals surface area contributed by atoms with Gasteiger partial charge in [0.2, 0.25) is 0 Å². The lowest BCUT2D eigenvalue weighted by molar-refractivity contribution is -0.122. The molecule has 0 unspecified atom stereocenters. The first-order valence-corrected chi connectivity index (χ1v) is 11.3. The Morgan fingerprint density at radius 2 is 1.66 bits per heavy atom. The van der Waals surface area contributed by atoms with Crippen molar-refractivity contribution in [3.05, 3.63) is 105 Å². The number of halogens is 1. The van der Waals surface area contributed by atoms with E-state index in [0.717, 1.165) is 15.6 Å². The van der Waals surface area contributed by atoms with Gasteiger partial charge in [0, 0.05) is 4.47 Å². The molecule has 0 saturated carbocycles. The zero-order valence-electron chi connectivity index (χ0n) is 17.7. The standard InChI is InChI=1S/C26H21BrN2O2S/c1-16-10-17(2)12-18(11-16)13-19-8-9-21(27)14-20(19)15-23-24(30)28-26(32)29(25(23)31)22-6-4-3-5-7-22/h3-12,14-15H,13H2,1-2H3,(H,28,30,32)/b23-15-. The van der Waals surface area contributed by atoms with Gasteiger partial charge in [-0.05, 0) is 79.5 Å². The molecule has 0 bridgehead atoms. The molecule has 1 N–H and O–H groups in total. The summed E-state index contributed by atoms with van der Waals surface area (Å²) in [6, 6.07) is 21.4. The van der Waals surface area contributed by atoms with Crippen LogP contribution in [0.1, 0.15) is 27.8 Å². The zero-order valence-corrected chi connectivity index (χ0v) is 20.1. The van der Waals surface area contributed by atoms with Crippen LogP contribution < -0.4 is 10.2 Å². The van der Waals surface area contributed by atoms with Gasteiger partial charge in [-0.2, -0.15) is 0 Å². The second-order valence-corrected chi connectivity index (χ2v) is 9.11. The topological polar surface area (TPSA) is 49.4 Å². The molecule has 0 aliphatic carbocycles. The molecule has 1 saturated heterocycles. The molecule has 2 amide bonds. The highest BCUT2D eigenvalue weighted by molar-refractivity contribution is 9.10. The Balaban J connectivity index is 1.75. The molecule has 4 rings (SSSR count). The van der Waals surface area contributed by atoms with Gasteiger partial charge in [-0.1, -0.05) is 69.5 Å². The Morgan fingerprint density at radius 3 is 2.34 bits per heavy atom. The molecule has 1 aliphatic heterocycles. The van der Waals surface area contributed by atoms with Crippen molar-refractivity contribution in [2.45, 2.75) is 20.3 Å². The molecule has 1 heterocycles. The summed E-state index contributed by atoms with van der Waals surface area (Å²) in [5.74, 6) is -0.938. The maximum Gasteiger partial charge on any atom is 0.270 e. The largest absolute Gasteiger partial charge is 0.298 e. The lowest BCUT2D eigenvalue weighted by Crippen LogP contribution is -2.54. The normalized spacial score (nSPS) is 15.3. The zero-order chi connectivity index (χ0) is 22.8. The summed E-state index contributed by atoms with van der Waals surface area (Å²) in [6.07, 6.45) is 2.34. The highest BCUT2D eigenvalue weighted by Crippen LogP contribution is 2.26. The average molecular weight is 505 g/mol. The number of benzene rings is 3. The summed E-state index contributed by atoms with van der Waals surface area (Å²) >= 11 is 8.79. The highest BCUT2D eigenvalue weighted by atomic mass is 79.9. The Morgan fingerprint density at radius 1 is 0.969 bits per heavy atom. The van der Waals surface area contributed by atoms with Crippen LogP contribution in [-0.2, 0) is 16.0 Å². The minimum atomic E-state index is -0.496. The lowest BCUT2D eigenvalue weighted by Gasteiger charge is -2.29. The second kappa shape index (κ2) is 9.18. The number of carbonyl (C=O) groups excluding carboxylic acids is 2. The van der Waals surface area contributed by atoms with Crippen LogP contribution in [0.5, 0.6) is 0 Å². The van der Waals surface area contributed by atoms with Crippen LogP contribution in [0.2, 0.25) is 0 Å². The van der Waals surface area contributed by atoms with E-state index in [0.29, 0.717) is 12.1 Å². The molecule has 0 radical (unpaired) electrons. The number of hydrogen-bond acceptors (Lipinski definition) is 3. The minimum Gasteiger partial charge on any atom is -0.298 e. The Bertz CT molecular complexity index is 1250. The molecule has 4 nitrogen and oxygen atoms in total. The van der Waals surface area contributed by atoms with E-state index in [9.17, 15) is 9.59 Å². The number of thiocarbonyl (C=S) groups is 1. The van der Waals surface area contributed by atoms with E-state index in [1.54, 1.807) is 18.2 Å². The molecule has 0 spiro atoms. The van der Waals surface area contributed by atoms with Gasteiger partial charge in [-0.15, -0.1) is 0 Å². The van der Waals surface area contributed by atoms with Crippen LogP contribution in [-0.4, -0.2) is 16.9 Å². The van der Waals surface area contributed by atoms with Crippen LogP contribution in [0.3, 0.4) is 0 Å². The number of aryl methyl sites for hydroxylation is 2. The van der Waals surface area contributed by atoms with Crippen molar-refractivity contribution in [3.63, 3.8) is 0 Å². The first-order chi connectivity index (χ1) is 15.3. The van der Waals surface area contributed by atoms with Crippen molar-refractivity contribution in [1.82, 2.24) is 5.32 Å². The van der Waals surface area contributed by atoms with Crippen molar-refractivity contribution in [1.29, 1.82) is 0 Å². The Labute approximate surface area is 201 Å². The Kier molecular flexibility index (Phi) is 6.35. The molecule has 0 atom stereocenters. The molecule has 32 heavy (non-hydrogen) atoms. The Hall–Kier alpha value is -3.09. The number of anilines is 1. The van der Waals surface area contributed by atoms with Crippen molar-refractivity contribution >= 4 is 56.8 Å². The third kappa shape index (κ3) is 4.71. The van der Waals surface area contributed by atoms with Gasteiger partial charge in [0.1, 0.15) is 5.57 Å². The van der Waals surface area contributed by atoms with E-state index in [1.807, 2.05) is 36.4 Å². The molecular formula is C26H21BrN2O2S. The number of rotatable bonds is 4. The van der Waals surface area contributed by atoms with Crippen LogP contribution in [0.15, 0.2) is 76.8 Å². The van der Waals surface area contributed by atoms with Gasteiger partial charge < -0.3 is 0 Å². The van der Waals surface area contributed by atoms with Crippen LogP contribution >= 0.6 is 28.1 Å². The maximum atomic E-state index is 13.3. The summed E-state index contributed by atoms with van der Waals surface area (Å²) in [5.41, 5.74) is 6.05. The number of amides is 2. The van der Waals surface area contributed by atoms with Gasteiger partial charge in [0.15, 0.2) is 5.11 Å². The van der Waals surface area contributed by atoms with Gasteiger partial charge >= 0.3 is 0 Å². The van der Waals surface area contributed by atoms with Crippen LogP contribution in [0.25, 0.3) is 6.08 Å². The summed E-state index contributed by atoms with van der Waals surface area (Å²) in [5, 5.41) is 2.72. The van der Waals surface area contributed by atoms with Gasteiger partial charge in [-0.3, -0.25) is 19.8 Å². The van der Waals surface area contributed by atoms with Gasteiger partial charge in [0.05, 0.1) is 5.69 Å².